The summed E-state index contributed by atoms with van der Waals surface area (Å²) in [6, 6.07) is 0.453. The highest BCUT2D eigenvalue weighted by Crippen LogP contribution is 2.27. The van der Waals surface area contributed by atoms with Gasteiger partial charge in [0, 0.05) is 12.6 Å². The fraction of sp³-hybridized carbons (Fsp3) is 0.875. The van der Waals surface area contributed by atoms with Crippen molar-refractivity contribution in [2.24, 2.45) is 0 Å². The lowest BCUT2D eigenvalue weighted by Gasteiger charge is -2.24. The lowest BCUT2D eigenvalue weighted by molar-refractivity contribution is -0.143. The fourth-order valence-corrected chi connectivity index (χ4v) is 1.90. The molecule has 0 radical (unpaired) electrons. The number of morpholine rings is 1. The Kier molecular flexibility index (Phi) is 2.02. The van der Waals surface area contributed by atoms with Gasteiger partial charge in [0.15, 0.2) is 0 Å². The maximum atomic E-state index is 10.9. The first-order valence-corrected chi connectivity index (χ1v) is 4.22. The molecular formula is C8H13NO3. The van der Waals surface area contributed by atoms with Crippen LogP contribution in [0.1, 0.15) is 6.42 Å². The van der Waals surface area contributed by atoms with Crippen LogP contribution in [-0.2, 0) is 14.3 Å². The maximum Gasteiger partial charge on any atom is 0.319 e. The Morgan fingerprint density at radius 1 is 1.75 bits per heavy atom. The molecule has 0 saturated carbocycles. The molecule has 4 heteroatoms. The zero-order chi connectivity index (χ0) is 8.55. The summed E-state index contributed by atoms with van der Waals surface area (Å²) >= 11 is 0. The monoisotopic (exact) mass is 171 g/mol. The summed E-state index contributed by atoms with van der Waals surface area (Å²) in [5.74, 6) is -0.150. The van der Waals surface area contributed by atoms with Crippen molar-refractivity contribution in [3.8, 4) is 0 Å². The van der Waals surface area contributed by atoms with Gasteiger partial charge in [0.1, 0.15) is 0 Å². The molecule has 2 saturated heterocycles. The van der Waals surface area contributed by atoms with Crippen LogP contribution in [0, 0.1) is 0 Å². The molecule has 68 valence electrons. The van der Waals surface area contributed by atoms with E-state index in [0.29, 0.717) is 18.7 Å². The molecule has 0 N–H and O–H groups in total. The van der Waals surface area contributed by atoms with Gasteiger partial charge in [0.2, 0.25) is 0 Å². The van der Waals surface area contributed by atoms with Gasteiger partial charge in [-0.05, 0) is 6.42 Å². The molecule has 2 atom stereocenters. The van der Waals surface area contributed by atoms with Gasteiger partial charge in [-0.15, -0.1) is 0 Å². The lowest BCUT2D eigenvalue weighted by atomic mass is 10.2. The third-order valence-electron chi connectivity index (χ3n) is 2.57. The minimum Gasteiger partial charge on any atom is -0.468 e. The molecule has 0 amide bonds. The Labute approximate surface area is 71.4 Å². The second-order valence-electron chi connectivity index (χ2n) is 3.35. The van der Waals surface area contributed by atoms with Gasteiger partial charge in [-0.2, -0.15) is 0 Å². The molecule has 2 aliphatic rings. The van der Waals surface area contributed by atoms with Crippen LogP contribution >= 0.6 is 0 Å². The molecule has 2 fully saturated rings. The average Bonchev–Trinajstić information content (AvgIpc) is 2.64. The Balaban J connectivity index is 1.86. The van der Waals surface area contributed by atoms with Gasteiger partial charge in [0.25, 0.3) is 0 Å². The van der Waals surface area contributed by atoms with Gasteiger partial charge < -0.3 is 9.47 Å². The second kappa shape index (κ2) is 3.03. The van der Waals surface area contributed by atoms with Gasteiger partial charge in [0.05, 0.1) is 26.4 Å². The van der Waals surface area contributed by atoms with Gasteiger partial charge in [-0.1, -0.05) is 0 Å². The summed E-state index contributed by atoms with van der Waals surface area (Å²) in [4.78, 5) is 13.1. The number of carbonyl (C=O) groups excluding carboxylic acids is 1. The summed E-state index contributed by atoms with van der Waals surface area (Å²) in [6.07, 6.45) is 1.44. The largest absolute Gasteiger partial charge is 0.468 e. The SMILES string of the molecule is COC(=O)CN1CC2CC1CO2. The molecule has 2 rings (SSSR count). The number of esters is 1. The van der Waals surface area contributed by atoms with E-state index in [4.69, 9.17) is 4.74 Å². The molecule has 2 bridgehead atoms. The van der Waals surface area contributed by atoms with E-state index < -0.39 is 0 Å². The smallest absolute Gasteiger partial charge is 0.319 e. The third kappa shape index (κ3) is 1.32. The number of hydrogen-bond donors (Lipinski definition) is 0. The van der Waals surface area contributed by atoms with E-state index in [1.54, 1.807) is 0 Å². The summed E-state index contributed by atoms with van der Waals surface area (Å²) < 4.78 is 10.0. The van der Waals surface area contributed by atoms with Gasteiger partial charge >= 0.3 is 5.97 Å². The number of ether oxygens (including phenoxy) is 2. The van der Waals surface area contributed by atoms with Crippen molar-refractivity contribution in [3.63, 3.8) is 0 Å². The molecule has 2 unspecified atom stereocenters. The molecular weight excluding hydrogens is 158 g/mol. The Morgan fingerprint density at radius 2 is 2.58 bits per heavy atom. The van der Waals surface area contributed by atoms with Crippen molar-refractivity contribution < 1.29 is 14.3 Å². The van der Waals surface area contributed by atoms with Gasteiger partial charge in [-0.3, -0.25) is 9.69 Å². The predicted molar refractivity (Wildman–Crippen MR) is 41.7 cm³/mol. The van der Waals surface area contributed by atoms with E-state index in [2.05, 4.69) is 9.64 Å². The van der Waals surface area contributed by atoms with E-state index >= 15 is 0 Å². The molecule has 2 heterocycles. The first-order valence-electron chi connectivity index (χ1n) is 4.22. The van der Waals surface area contributed by atoms with Crippen LogP contribution in [0.5, 0.6) is 0 Å². The summed E-state index contributed by atoms with van der Waals surface area (Å²) in [7, 11) is 1.42. The molecule has 0 spiro atoms. The highest BCUT2D eigenvalue weighted by molar-refractivity contribution is 5.71. The number of fused-ring (bicyclic) bond motifs is 2. The van der Waals surface area contributed by atoms with E-state index in [9.17, 15) is 4.79 Å². The molecule has 0 aromatic heterocycles. The Bertz CT molecular complexity index is 195. The van der Waals surface area contributed by atoms with Crippen LogP contribution in [0.2, 0.25) is 0 Å². The third-order valence-corrected chi connectivity index (χ3v) is 2.57. The average molecular weight is 171 g/mol. The number of nitrogens with zero attached hydrogens (tertiary/aromatic N) is 1. The van der Waals surface area contributed by atoms with Gasteiger partial charge in [-0.25, -0.2) is 0 Å². The summed E-state index contributed by atoms with van der Waals surface area (Å²) in [6.45, 7) is 2.09. The molecule has 12 heavy (non-hydrogen) atoms. The van der Waals surface area contributed by atoms with Crippen LogP contribution in [0.25, 0.3) is 0 Å². The van der Waals surface area contributed by atoms with Crippen molar-refractivity contribution >= 4 is 5.97 Å². The van der Waals surface area contributed by atoms with Crippen molar-refractivity contribution in [3.05, 3.63) is 0 Å². The minimum absolute atomic E-state index is 0.150. The number of hydrogen-bond acceptors (Lipinski definition) is 4. The van der Waals surface area contributed by atoms with E-state index in [0.717, 1.165) is 19.6 Å². The highest BCUT2D eigenvalue weighted by Gasteiger charge is 2.39. The number of carbonyl (C=O) groups is 1. The molecule has 0 aromatic rings. The van der Waals surface area contributed by atoms with E-state index in [1.807, 2.05) is 0 Å². The molecule has 2 aliphatic heterocycles. The minimum atomic E-state index is -0.150. The van der Waals surface area contributed by atoms with Crippen LogP contribution in [0.4, 0.5) is 0 Å². The van der Waals surface area contributed by atoms with E-state index in [-0.39, 0.29) is 5.97 Å². The van der Waals surface area contributed by atoms with Crippen molar-refractivity contribution in [1.29, 1.82) is 0 Å². The molecule has 0 aliphatic carbocycles. The van der Waals surface area contributed by atoms with E-state index in [1.165, 1.54) is 7.11 Å². The predicted octanol–water partition coefficient (Wildman–Crippen LogP) is -0.368. The molecule has 4 nitrogen and oxygen atoms in total. The zero-order valence-corrected chi connectivity index (χ0v) is 7.16. The second-order valence-corrected chi connectivity index (χ2v) is 3.35. The van der Waals surface area contributed by atoms with Crippen molar-refractivity contribution in [2.45, 2.75) is 18.6 Å². The van der Waals surface area contributed by atoms with Crippen LogP contribution < -0.4 is 0 Å². The topological polar surface area (TPSA) is 38.8 Å². The summed E-state index contributed by atoms with van der Waals surface area (Å²) in [5.41, 5.74) is 0. The van der Waals surface area contributed by atoms with Crippen molar-refractivity contribution in [1.82, 2.24) is 4.90 Å². The van der Waals surface area contributed by atoms with Crippen LogP contribution in [-0.4, -0.2) is 49.8 Å². The molecule has 0 aromatic carbocycles. The lowest BCUT2D eigenvalue weighted by Crippen LogP contribution is -2.40. The number of rotatable bonds is 2. The summed E-state index contributed by atoms with van der Waals surface area (Å²) in [5, 5.41) is 0. The number of methoxy groups -OCH3 is 1. The maximum absolute atomic E-state index is 10.9. The first-order chi connectivity index (χ1) is 5.79. The quantitative estimate of drug-likeness (QED) is 0.531. The van der Waals surface area contributed by atoms with Crippen molar-refractivity contribution in [2.75, 3.05) is 26.8 Å². The zero-order valence-electron chi connectivity index (χ0n) is 7.16. The highest BCUT2D eigenvalue weighted by atomic mass is 16.5. The normalized spacial score (nSPS) is 34.1. The fourth-order valence-electron chi connectivity index (χ4n) is 1.90. The first kappa shape index (κ1) is 8.01. The van der Waals surface area contributed by atoms with Crippen LogP contribution in [0.3, 0.4) is 0 Å². The Morgan fingerprint density at radius 3 is 3.08 bits per heavy atom. The van der Waals surface area contributed by atoms with Crippen LogP contribution in [0.15, 0.2) is 0 Å². The standard InChI is InChI=1S/C8H13NO3/c1-11-8(10)4-9-3-7-2-6(9)5-12-7/h6-7H,2-5H2,1H3. The Hall–Kier alpha value is -0.610. The number of likely N-dealkylation sites (tertiary alicyclic amines) is 1.